The van der Waals surface area contributed by atoms with Crippen molar-refractivity contribution in [3.63, 3.8) is 0 Å². The van der Waals surface area contributed by atoms with Gasteiger partial charge in [0, 0.05) is 12.1 Å². The zero-order valence-electron chi connectivity index (χ0n) is 12.8. The smallest absolute Gasteiger partial charge is 0.238 e. The summed E-state index contributed by atoms with van der Waals surface area (Å²) in [5.41, 5.74) is 0.327. The number of amides is 1. The minimum absolute atomic E-state index is 0.0420. The van der Waals surface area contributed by atoms with Crippen molar-refractivity contribution in [1.29, 1.82) is 0 Å². The van der Waals surface area contributed by atoms with Crippen LogP contribution in [-0.2, 0) is 4.79 Å². The Balaban J connectivity index is 2.26. The maximum atomic E-state index is 13.4. The first-order valence-electron chi connectivity index (χ1n) is 6.87. The number of halogens is 2. The van der Waals surface area contributed by atoms with Crippen LogP contribution in [0, 0.1) is 11.6 Å². The van der Waals surface area contributed by atoms with Crippen molar-refractivity contribution >= 4 is 5.91 Å². The summed E-state index contributed by atoms with van der Waals surface area (Å²) in [6, 6.07) is 3.73. The lowest BCUT2D eigenvalue weighted by Gasteiger charge is -2.38. The van der Waals surface area contributed by atoms with E-state index in [4.69, 9.17) is 0 Å². The number of carbonyl (C=O) groups excluding carboxylic acids is 1. The minimum atomic E-state index is -0.902. The van der Waals surface area contributed by atoms with Crippen molar-refractivity contribution in [2.75, 3.05) is 27.2 Å². The second kappa shape index (κ2) is 5.69. The largest absolute Gasteiger partial charge is 0.320 e. The molecule has 4 nitrogen and oxygen atoms in total. The molecule has 1 atom stereocenters. The third kappa shape index (κ3) is 3.22. The average Bonchev–Trinajstić information content (AvgIpc) is 2.74. The second-order valence-electron chi connectivity index (χ2n) is 6.19. The first-order valence-corrected chi connectivity index (χ1v) is 6.87. The molecule has 1 aliphatic rings. The molecule has 0 saturated carbocycles. The molecule has 0 bridgehead atoms. The topological polar surface area (TPSA) is 35.6 Å². The van der Waals surface area contributed by atoms with Crippen LogP contribution in [-0.4, -0.2) is 48.4 Å². The van der Waals surface area contributed by atoms with Crippen LogP contribution in [0.4, 0.5) is 8.78 Å². The highest BCUT2D eigenvalue weighted by Gasteiger charge is 2.36. The fourth-order valence-corrected chi connectivity index (χ4v) is 2.26. The van der Waals surface area contributed by atoms with E-state index in [2.05, 4.69) is 5.32 Å². The molecule has 0 aliphatic carbocycles. The van der Waals surface area contributed by atoms with Crippen molar-refractivity contribution in [1.82, 2.24) is 15.1 Å². The van der Waals surface area contributed by atoms with Gasteiger partial charge in [0.2, 0.25) is 5.91 Å². The first-order chi connectivity index (χ1) is 9.72. The summed E-state index contributed by atoms with van der Waals surface area (Å²) in [4.78, 5) is 15.8. The lowest BCUT2D eigenvalue weighted by molar-refractivity contribution is -0.129. The molecule has 1 N–H and O–H groups in total. The van der Waals surface area contributed by atoms with Gasteiger partial charge in [-0.1, -0.05) is 6.07 Å². The number of nitrogens with one attached hydrogen (secondary N) is 1. The van der Waals surface area contributed by atoms with E-state index in [9.17, 15) is 13.6 Å². The van der Waals surface area contributed by atoms with E-state index in [1.165, 1.54) is 6.07 Å². The van der Waals surface area contributed by atoms with Crippen LogP contribution in [0.15, 0.2) is 18.2 Å². The van der Waals surface area contributed by atoms with Gasteiger partial charge in [0.05, 0.1) is 6.54 Å². The Bertz CT molecular complexity index is 546. The molecule has 0 aromatic heterocycles. The molecule has 6 heteroatoms. The van der Waals surface area contributed by atoms with Gasteiger partial charge in [-0.25, -0.2) is 8.78 Å². The molecule has 116 valence electrons. The number of benzene rings is 1. The summed E-state index contributed by atoms with van der Waals surface area (Å²) in [7, 11) is 3.89. The number of nitrogens with zero attached hydrogens (tertiary/aromatic N) is 2. The molecule has 1 fully saturated rings. The Kier molecular flexibility index (Phi) is 4.30. The van der Waals surface area contributed by atoms with Crippen LogP contribution in [0.25, 0.3) is 0 Å². The molecule has 21 heavy (non-hydrogen) atoms. The summed E-state index contributed by atoms with van der Waals surface area (Å²) in [6.07, 6.45) is -0.424. The highest BCUT2D eigenvalue weighted by Crippen LogP contribution is 2.26. The van der Waals surface area contributed by atoms with Crippen LogP contribution in [0.3, 0.4) is 0 Å². The van der Waals surface area contributed by atoms with Crippen LogP contribution in [0.1, 0.15) is 25.6 Å². The van der Waals surface area contributed by atoms with Crippen molar-refractivity contribution in [2.45, 2.75) is 25.6 Å². The molecule has 0 radical (unpaired) electrons. The van der Waals surface area contributed by atoms with E-state index in [1.54, 1.807) is 4.90 Å². The van der Waals surface area contributed by atoms with Gasteiger partial charge >= 0.3 is 0 Å². The van der Waals surface area contributed by atoms with E-state index in [0.717, 1.165) is 12.1 Å². The number of hydrogen-bond donors (Lipinski definition) is 1. The Morgan fingerprint density at radius 2 is 2.00 bits per heavy atom. The molecule has 1 aromatic carbocycles. The monoisotopic (exact) mass is 297 g/mol. The van der Waals surface area contributed by atoms with Crippen LogP contribution in [0.2, 0.25) is 0 Å². The van der Waals surface area contributed by atoms with Crippen LogP contribution >= 0.6 is 0 Å². The molecule has 1 unspecified atom stereocenters. The van der Waals surface area contributed by atoms with Gasteiger partial charge in [-0.2, -0.15) is 0 Å². The van der Waals surface area contributed by atoms with Gasteiger partial charge in [0.1, 0.15) is 6.17 Å². The van der Waals surface area contributed by atoms with Crippen molar-refractivity contribution in [2.24, 2.45) is 0 Å². The van der Waals surface area contributed by atoms with Crippen LogP contribution in [0.5, 0.6) is 0 Å². The van der Waals surface area contributed by atoms with Crippen molar-refractivity contribution < 1.29 is 13.6 Å². The third-order valence-electron chi connectivity index (χ3n) is 4.11. The number of likely N-dealkylation sites (N-methyl/N-ethyl adjacent to an activating group) is 1. The summed E-state index contributed by atoms with van der Waals surface area (Å²) in [5, 5.41) is 3.05. The van der Waals surface area contributed by atoms with E-state index >= 15 is 0 Å². The lowest BCUT2D eigenvalue weighted by Crippen LogP contribution is -2.49. The summed E-state index contributed by atoms with van der Waals surface area (Å²) >= 11 is 0. The Labute approximate surface area is 123 Å². The maximum absolute atomic E-state index is 13.4. The molecule has 1 aliphatic heterocycles. The van der Waals surface area contributed by atoms with E-state index in [1.807, 2.05) is 32.8 Å². The number of rotatable bonds is 4. The van der Waals surface area contributed by atoms with Gasteiger partial charge in [-0.15, -0.1) is 0 Å². The van der Waals surface area contributed by atoms with Gasteiger partial charge in [0.15, 0.2) is 11.6 Å². The lowest BCUT2D eigenvalue weighted by atomic mass is 10.0. The second-order valence-corrected chi connectivity index (χ2v) is 6.19. The number of hydrogen-bond acceptors (Lipinski definition) is 3. The molecule has 1 saturated heterocycles. The normalized spacial score (nSPS) is 19.7. The average molecular weight is 297 g/mol. The van der Waals surface area contributed by atoms with Crippen molar-refractivity contribution in [3.05, 3.63) is 35.4 Å². The molecular weight excluding hydrogens is 276 g/mol. The Hall–Kier alpha value is -1.53. The predicted molar refractivity (Wildman–Crippen MR) is 76.6 cm³/mol. The van der Waals surface area contributed by atoms with E-state index in [0.29, 0.717) is 12.1 Å². The van der Waals surface area contributed by atoms with Gasteiger partial charge in [-0.3, -0.25) is 10.1 Å². The molecule has 1 amide bonds. The van der Waals surface area contributed by atoms with E-state index < -0.39 is 17.8 Å². The highest BCUT2D eigenvalue weighted by atomic mass is 19.2. The summed E-state index contributed by atoms with van der Waals surface area (Å²) in [5.74, 6) is -1.83. The van der Waals surface area contributed by atoms with E-state index in [-0.39, 0.29) is 18.0 Å². The SMILES string of the molecule is CN(C)C(C)(C)CN1C(=O)CNC1c1ccc(F)c(F)c1. The molecular formula is C15H21F2N3O. The van der Waals surface area contributed by atoms with Gasteiger partial charge in [0.25, 0.3) is 0 Å². The minimum Gasteiger partial charge on any atom is -0.320 e. The van der Waals surface area contributed by atoms with Crippen molar-refractivity contribution in [3.8, 4) is 0 Å². The Morgan fingerprint density at radius 1 is 1.33 bits per heavy atom. The summed E-state index contributed by atoms with van der Waals surface area (Å²) in [6.45, 7) is 4.75. The summed E-state index contributed by atoms with van der Waals surface area (Å²) < 4.78 is 26.5. The standard InChI is InChI=1S/C15H21F2N3O/c1-15(2,19(3)4)9-20-13(21)8-18-14(20)10-5-6-11(16)12(17)7-10/h5-7,14,18H,8-9H2,1-4H3. The molecule has 1 heterocycles. The maximum Gasteiger partial charge on any atom is 0.238 e. The first kappa shape index (κ1) is 15.9. The van der Waals surface area contributed by atoms with Gasteiger partial charge in [-0.05, 0) is 45.6 Å². The Morgan fingerprint density at radius 3 is 2.57 bits per heavy atom. The quantitative estimate of drug-likeness (QED) is 0.919. The fraction of sp³-hybridized carbons (Fsp3) is 0.533. The molecule has 0 spiro atoms. The van der Waals surface area contributed by atoms with Crippen LogP contribution < -0.4 is 5.32 Å². The molecule has 2 rings (SSSR count). The fourth-order valence-electron chi connectivity index (χ4n) is 2.26. The number of carbonyl (C=O) groups is 1. The predicted octanol–water partition coefficient (Wildman–Crippen LogP) is 1.74. The molecule has 1 aromatic rings. The van der Waals surface area contributed by atoms with Gasteiger partial charge < -0.3 is 9.80 Å². The zero-order valence-corrected chi connectivity index (χ0v) is 12.8. The highest BCUT2D eigenvalue weighted by molar-refractivity contribution is 5.81. The zero-order chi connectivity index (χ0) is 15.8. The third-order valence-corrected chi connectivity index (χ3v) is 4.11.